The number of carbonyl (C=O) groups is 2. The van der Waals surface area contributed by atoms with E-state index in [4.69, 9.17) is 4.74 Å². The average molecular weight is 466 g/mol. The Kier molecular flexibility index (Phi) is 8.38. The van der Waals surface area contributed by atoms with Crippen LogP contribution in [0, 0.1) is 12.8 Å². The minimum Gasteiger partial charge on any atom is -0.460 e. The summed E-state index contributed by atoms with van der Waals surface area (Å²) in [7, 11) is -3.70. The van der Waals surface area contributed by atoms with Gasteiger partial charge in [-0.1, -0.05) is 78.4 Å². The molecule has 0 aliphatic carbocycles. The van der Waals surface area contributed by atoms with Crippen molar-refractivity contribution in [3.05, 3.63) is 102 Å². The second kappa shape index (κ2) is 11.4. The number of aryl methyl sites for hydroxylation is 1. The molecule has 33 heavy (non-hydrogen) atoms. The smallest absolute Gasteiger partial charge is 0.325 e. The molecule has 0 saturated carbocycles. The van der Waals surface area contributed by atoms with Gasteiger partial charge in [-0.3, -0.25) is 9.59 Å². The van der Waals surface area contributed by atoms with Crippen molar-refractivity contribution >= 4 is 21.7 Å². The molecule has 7 heteroatoms. The maximum Gasteiger partial charge on any atom is 0.325 e. The van der Waals surface area contributed by atoms with E-state index in [1.807, 2.05) is 67.6 Å². The van der Waals surface area contributed by atoms with Gasteiger partial charge < -0.3 is 10.1 Å². The third-order valence-electron chi connectivity index (χ3n) is 5.15. The van der Waals surface area contributed by atoms with Crippen molar-refractivity contribution in [1.29, 1.82) is 0 Å². The van der Waals surface area contributed by atoms with Gasteiger partial charge in [-0.15, -0.1) is 0 Å². The summed E-state index contributed by atoms with van der Waals surface area (Å²) >= 11 is 0. The van der Waals surface area contributed by atoms with E-state index < -0.39 is 27.6 Å². The Bertz CT molecular complexity index is 1160. The lowest BCUT2D eigenvalue weighted by Gasteiger charge is -2.17. The standard InChI is InChI=1S/C26H27NO5S/c1-20-12-14-24(15-13-20)33(30,31)19-23(16-21-8-4-2-5-9-21)26(29)27-17-25(28)32-18-22-10-6-3-7-11-22/h2-15,23H,16-19H2,1H3,(H,27,29). The Morgan fingerprint density at radius 3 is 2.03 bits per heavy atom. The van der Waals surface area contributed by atoms with Crippen LogP contribution in [-0.4, -0.2) is 32.6 Å². The zero-order chi connectivity index (χ0) is 23.7. The first kappa shape index (κ1) is 24.2. The predicted molar refractivity (Wildman–Crippen MR) is 126 cm³/mol. The quantitative estimate of drug-likeness (QED) is 0.463. The van der Waals surface area contributed by atoms with Crippen molar-refractivity contribution in [3.8, 4) is 0 Å². The molecule has 0 aliphatic heterocycles. The normalized spacial score (nSPS) is 12.0. The van der Waals surface area contributed by atoms with Gasteiger partial charge in [-0.05, 0) is 36.6 Å². The zero-order valence-corrected chi connectivity index (χ0v) is 19.3. The molecule has 1 unspecified atom stereocenters. The molecule has 0 spiro atoms. The van der Waals surface area contributed by atoms with Crippen molar-refractivity contribution < 1.29 is 22.7 Å². The third-order valence-corrected chi connectivity index (χ3v) is 6.98. The molecule has 3 rings (SSSR count). The first-order chi connectivity index (χ1) is 15.8. The van der Waals surface area contributed by atoms with Crippen LogP contribution in [0.4, 0.5) is 0 Å². The lowest BCUT2D eigenvalue weighted by molar-refractivity contribution is -0.145. The van der Waals surface area contributed by atoms with E-state index in [-0.39, 0.29) is 30.2 Å². The summed E-state index contributed by atoms with van der Waals surface area (Å²) in [5.41, 5.74) is 2.62. The zero-order valence-electron chi connectivity index (χ0n) is 18.4. The summed E-state index contributed by atoms with van der Waals surface area (Å²) in [6, 6.07) is 24.9. The molecule has 0 bridgehead atoms. The second-order valence-corrected chi connectivity index (χ2v) is 9.88. The summed E-state index contributed by atoms with van der Waals surface area (Å²) in [4.78, 5) is 25.2. The molecule has 1 atom stereocenters. The lowest BCUT2D eigenvalue weighted by Crippen LogP contribution is -2.39. The molecule has 0 saturated heterocycles. The molecule has 0 fully saturated rings. The van der Waals surface area contributed by atoms with Crippen molar-refractivity contribution in [2.75, 3.05) is 12.3 Å². The summed E-state index contributed by atoms with van der Waals surface area (Å²) < 4.78 is 31.1. The number of sulfone groups is 1. The van der Waals surface area contributed by atoms with Crippen LogP contribution in [0.15, 0.2) is 89.8 Å². The molecule has 0 heterocycles. The number of esters is 1. The third kappa shape index (κ3) is 7.57. The number of nitrogens with one attached hydrogen (secondary N) is 1. The Hall–Kier alpha value is -3.45. The number of carbonyl (C=O) groups excluding carboxylic acids is 2. The number of ether oxygens (including phenoxy) is 1. The van der Waals surface area contributed by atoms with Gasteiger partial charge >= 0.3 is 5.97 Å². The molecule has 6 nitrogen and oxygen atoms in total. The van der Waals surface area contributed by atoms with Crippen LogP contribution < -0.4 is 5.32 Å². The summed E-state index contributed by atoms with van der Waals surface area (Å²) in [5, 5.41) is 2.54. The van der Waals surface area contributed by atoms with Gasteiger partial charge in [0.05, 0.1) is 16.6 Å². The summed E-state index contributed by atoms with van der Waals surface area (Å²) in [6.07, 6.45) is 0.233. The van der Waals surface area contributed by atoms with E-state index in [1.54, 1.807) is 24.3 Å². The van der Waals surface area contributed by atoms with Crippen LogP contribution in [0.3, 0.4) is 0 Å². The first-order valence-corrected chi connectivity index (χ1v) is 12.3. The van der Waals surface area contributed by atoms with Crippen LogP contribution in [0.1, 0.15) is 16.7 Å². The molecular weight excluding hydrogens is 438 g/mol. The monoisotopic (exact) mass is 465 g/mol. The first-order valence-electron chi connectivity index (χ1n) is 10.6. The summed E-state index contributed by atoms with van der Waals surface area (Å²) in [6.45, 7) is 1.64. The minimum absolute atomic E-state index is 0.102. The topological polar surface area (TPSA) is 89.5 Å². The molecule has 0 radical (unpaired) electrons. The van der Waals surface area contributed by atoms with Crippen LogP contribution in [0.25, 0.3) is 0 Å². The van der Waals surface area contributed by atoms with E-state index in [1.165, 1.54) is 0 Å². The maximum absolute atomic E-state index is 13.0. The second-order valence-electron chi connectivity index (χ2n) is 7.85. The molecular formula is C26H27NO5S. The number of hydrogen-bond donors (Lipinski definition) is 1. The molecule has 0 aromatic heterocycles. The van der Waals surface area contributed by atoms with Gasteiger partial charge in [0.1, 0.15) is 13.2 Å². The fraction of sp³-hybridized carbons (Fsp3) is 0.231. The largest absolute Gasteiger partial charge is 0.460 e. The number of benzene rings is 3. The maximum atomic E-state index is 13.0. The SMILES string of the molecule is Cc1ccc(S(=O)(=O)CC(Cc2ccccc2)C(=O)NCC(=O)OCc2ccccc2)cc1. The highest BCUT2D eigenvalue weighted by Crippen LogP contribution is 2.18. The van der Waals surface area contributed by atoms with Gasteiger partial charge in [0.15, 0.2) is 9.84 Å². The Labute approximate surface area is 194 Å². The fourth-order valence-corrected chi connectivity index (χ4v) is 4.87. The number of hydrogen-bond acceptors (Lipinski definition) is 5. The van der Waals surface area contributed by atoms with Gasteiger partial charge in [-0.25, -0.2) is 8.42 Å². The van der Waals surface area contributed by atoms with Gasteiger partial charge in [-0.2, -0.15) is 0 Å². The van der Waals surface area contributed by atoms with Crippen molar-refractivity contribution in [2.24, 2.45) is 5.92 Å². The van der Waals surface area contributed by atoms with Crippen LogP contribution in [-0.2, 0) is 37.2 Å². The summed E-state index contributed by atoms with van der Waals surface area (Å²) in [5.74, 6) is -2.32. The average Bonchev–Trinajstić information content (AvgIpc) is 2.82. The van der Waals surface area contributed by atoms with Gasteiger partial charge in [0, 0.05) is 0 Å². The van der Waals surface area contributed by atoms with E-state index in [0.29, 0.717) is 0 Å². The molecule has 1 amide bonds. The van der Waals surface area contributed by atoms with E-state index in [9.17, 15) is 18.0 Å². The molecule has 172 valence electrons. The molecule has 1 N–H and O–H groups in total. The van der Waals surface area contributed by atoms with Gasteiger partial charge in [0.25, 0.3) is 0 Å². The van der Waals surface area contributed by atoms with Crippen molar-refractivity contribution in [1.82, 2.24) is 5.32 Å². The Morgan fingerprint density at radius 1 is 0.848 bits per heavy atom. The van der Waals surface area contributed by atoms with Crippen LogP contribution in [0.5, 0.6) is 0 Å². The minimum atomic E-state index is -3.70. The lowest BCUT2D eigenvalue weighted by atomic mass is 10.0. The Morgan fingerprint density at radius 2 is 1.42 bits per heavy atom. The highest BCUT2D eigenvalue weighted by Gasteiger charge is 2.27. The number of amides is 1. The van der Waals surface area contributed by atoms with Crippen molar-refractivity contribution in [2.45, 2.75) is 24.8 Å². The Balaban J connectivity index is 1.65. The molecule has 3 aromatic carbocycles. The van der Waals surface area contributed by atoms with E-state index >= 15 is 0 Å². The highest BCUT2D eigenvalue weighted by atomic mass is 32.2. The number of rotatable bonds is 10. The fourth-order valence-electron chi connectivity index (χ4n) is 3.33. The van der Waals surface area contributed by atoms with E-state index in [2.05, 4.69) is 5.32 Å². The molecule has 0 aliphatic rings. The van der Waals surface area contributed by atoms with Crippen LogP contribution >= 0.6 is 0 Å². The van der Waals surface area contributed by atoms with Crippen LogP contribution in [0.2, 0.25) is 0 Å². The van der Waals surface area contributed by atoms with Gasteiger partial charge in [0.2, 0.25) is 5.91 Å². The van der Waals surface area contributed by atoms with E-state index in [0.717, 1.165) is 16.7 Å². The van der Waals surface area contributed by atoms with Crippen molar-refractivity contribution in [3.63, 3.8) is 0 Å². The highest BCUT2D eigenvalue weighted by molar-refractivity contribution is 7.91. The predicted octanol–water partition coefficient (Wildman–Crippen LogP) is 3.49. The molecule has 3 aromatic rings.